The minimum absolute atomic E-state index is 0.0585. The molecule has 1 N–H and O–H groups in total. The molecule has 2 fully saturated rings. The Kier molecular flexibility index (Phi) is 6.50. The fraction of sp³-hybridized carbons (Fsp3) is 0.423. The lowest BCUT2D eigenvalue weighted by Crippen LogP contribution is -2.49. The number of piperidine rings is 1. The highest BCUT2D eigenvalue weighted by molar-refractivity contribution is 5.94. The van der Waals surface area contributed by atoms with Crippen LogP contribution in [-0.4, -0.2) is 49.9 Å². The molecule has 184 valence electrons. The molecular formula is C26H27F3N4O2. The van der Waals surface area contributed by atoms with Crippen molar-refractivity contribution in [2.24, 2.45) is 11.3 Å². The maximum Gasteiger partial charge on any atom is 0.417 e. The molecule has 2 aliphatic heterocycles. The number of nitriles is 1. The topological polar surface area (TPSA) is 76.4 Å². The van der Waals surface area contributed by atoms with Gasteiger partial charge < -0.3 is 15.1 Å². The lowest BCUT2D eigenvalue weighted by Gasteiger charge is -2.42. The Labute approximate surface area is 202 Å². The van der Waals surface area contributed by atoms with Crippen molar-refractivity contribution in [2.45, 2.75) is 25.9 Å². The highest BCUT2D eigenvalue weighted by Crippen LogP contribution is 2.47. The third-order valence-electron chi connectivity index (χ3n) is 7.32. The largest absolute Gasteiger partial charge is 0.417 e. The molecule has 1 spiro atoms. The molecule has 2 heterocycles. The average molecular weight is 485 g/mol. The molecule has 6 nitrogen and oxygen atoms in total. The van der Waals surface area contributed by atoms with Gasteiger partial charge in [-0.05, 0) is 50.1 Å². The van der Waals surface area contributed by atoms with Crippen LogP contribution in [-0.2, 0) is 11.0 Å². The van der Waals surface area contributed by atoms with Gasteiger partial charge in [-0.25, -0.2) is 0 Å². The SMILES string of the molecule is CNC(=O)C1CN(c2ccc(C#N)c(C(F)(F)F)c2)CC12CCN(C(=O)c1cccc(C)c1)CC2. The van der Waals surface area contributed by atoms with E-state index in [0.29, 0.717) is 43.7 Å². The molecule has 35 heavy (non-hydrogen) atoms. The van der Waals surface area contributed by atoms with E-state index in [4.69, 9.17) is 5.26 Å². The summed E-state index contributed by atoms with van der Waals surface area (Å²) in [4.78, 5) is 29.4. The smallest absolute Gasteiger partial charge is 0.370 e. The van der Waals surface area contributed by atoms with Crippen molar-refractivity contribution in [2.75, 3.05) is 38.1 Å². The number of likely N-dealkylation sites (tertiary alicyclic amines) is 1. The minimum atomic E-state index is -4.65. The van der Waals surface area contributed by atoms with Crippen molar-refractivity contribution >= 4 is 17.5 Å². The van der Waals surface area contributed by atoms with Crippen LogP contribution in [0.4, 0.5) is 18.9 Å². The number of anilines is 1. The Morgan fingerprint density at radius 1 is 1.14 bits per heavy atom. The van der Waals surface area contributed by atoms with Crippen LogP contribution < -0.4 is 10.2 Å². The predicted molar refractivity (Wildman–Crippen MR) is 125 cm³/mol. The number of alkyl halides is 3. The van der Waals surface area contributed by atoms with Gasteiger partial charge in [0, 0.05) is 49.9 Å². The minimum Gasteiger partial charge on any atom is -0.370 e. The lowest BCUT2D eigenvalue weighted by molar-refractivity contribution is -0.137. The van der Waals surface area contributed by atoms with Crippen LogP contribution in [0.15, 0.2) is 42.5 Å². The number of halogens is 3. The number of nitrogens with one attached hydrogen (secondary N) is 1. The second kappa shape index (κ2) is 9.25. The van der Waals surface area contributed by atoms with Crippen molar-refractivity contribution < 1.29 is 22.8 Å². The summed E-state index contributed by atoms with van der Waals surface area (Å²) >= 11 is 0. The summed E-state index contributed by atoms with van der Waals surface area (Å²) in [5.41, 5.74) is 0.0792. The monoisotopic (exact) mass is 484 g/mol. The van der Waals surface area contributed by atoms with Crippen LogP contribution >= 0.6 is 0 Å². The number of carbonyl (C=O) groups excluding carboxylic acids is 2. The summed E-state index contributed by atoms with van der Waals surface area (Å²) in [7, 11) is 1.55. The van der Waals surface area contributed by atoms with Gasteiger partial charge in [0.25, 0.3) is 5.91 Å². The molecule has 2 aromatic carbocycles. The predicted octanol–water partition coefficient (Wildman–Crippen LogP) is 3.99. The first-order chi connectivity index (χ1) is 16.6. The molecule has 1 unspecified atom stereocenters. The Morgan fingerprint density at radius 3 is 2.46 bits per heavy atom. The van der Waals surface area contributed by atoms with Gasteiger partial charge in [0.1, 0.15) is 0 Å². The van der Waals surface area contributed by atoms with E-state index in [0.717, 1.165) is 11.6 Å². The Hall–Kier alpha value is -3.54. The van der Waals surface area contributed by atoms with Crippen molar-refractivity contribution in [3.63, 3.8) is 0 Å². The van der Waals surface area contributed by atoms with Gasteiger partial charge in [0.2, 0.25) is 5.91 Å². The number of hydrogen-bond donors (Lipinski definition) is 1. The summed E-state index contributed by atoms with van der Waals surface area (Å²) in [5.74, 6) is -0.638. The normalized spacial score (nSPS) is 19.5. The first-order valence-electron chi connectivity index (χ1n) is 11.5. The zero-order valence-electron chi connectivity index (χ0n) is 19.7. The molecule has 2 aliphatic rings. The molecule has 4 rings (SSSR count). The van der Waals surface area contributed by atoms with E-state index in [9.17, 15) is 22.8 Å². The molecule has 9 heteroatoms. The zero-order valence-corrected chi connectivity index (χ0v) is 19.7. The van der Waals surface area contributed by atoms with E-state index >= 15 is 0 Å². The highest BCUT2D eigenvalue weighted by Gasteiger charge is 2.51. The van der Waals surface area contributed by atoms with Crippen molar-refractivity contribution in [3.05, 3.63) is 64.7 Å². The van der Waals surface area contributed by atoms with Gasteiger partial charge in [0.15, 0.2) is 0 Å². The maximum absolute atomic E-state index is 13.5. The van der Waals surface area contributed by atoms with E-state index in [1.165, 1.54) is 12.1 Å². The van der Waals surface area contributed by atoms with Gasteiger partial charge in [-0.2, -0.15) is 18.4 Å². The molecule has 0 radical (unpaired) electrons. The van der Waals surface area contributed by atoms with Crippen LogP contribution in [0, 0.1) is 29.6 Å². The summed E-state index contributed by atoms with van der Waals surface area (Å²) in [6, 6.07) is 12.7. The van der Waals surface area contributed by atoms with E-state index in [2.05, 4.69) is 5.32 Å². The van der Waals surface area contributed by atoms with E-state index in [1.807, 2.05) is 25.1 Å². The van der Waals surface area contributed by atoms with Crippen LogP contribution in [0.2, 0.25) is 0 Å². The lowest BCUT2D eigenvalue weighted by atomic mass is 9.70. The molecule has 0 aromatic heterocycles. The average Bonchev–Trinajstić information content (AvgIpc) is 3.21. The Bertz CT molecular complexity index is 1180. The van der Waals surface area contributed by atoms with Gasteiger partial charge in [-0.1, -0.05) is 17.7 Å². The first kappa shape index (κ1) is 24.6. The number of aryl methyl sites for hydroxylation is 1. The van der Waals surface area contributed by atoms with Crippen LogP contribution in [0.5, 0.6) is 0 Å². The van der Waals surface area contributed by atoms with Crippen LogP contribution in [0.1, 0.15) is 39.9 Å². The highest BCUT2D eigenvalue weighted by atomic mass is 19.4. The zero-order chi connectivity index (χ0) is 25.4. The van der Waals surface area contributed by atoms with Crippen LogP contribution in [0.25, 0.3) is 0 Å². The summed E-state index contributed by atoms with van der Waals surface area (Å²) in [5, 5.41) is 11.8. The molecule has 2 amide bonds. The van der Waals surface area contributed by atoms with Crippen LogP contribution in [0.3, 0.4) is 0 Å². The second-order valence-electron chi connectivity index (χ2n) is 9.41. The number of nitrogens with zero attached hydrogens (tertiary/aromatic N) is 3. The fourth-order valence-electron chi connectivity index (χ4n) is 5.38. The van der Waals surface area contributed by atoms with E-state index in [1.54, 1.807) is 29.0 Å². The maximum atomic E-state index is 13.5. The summed E-state index contributed by atoms with van der Waals surface area (Å²) in [6.45, 7) is 3.54. The van der Waals surface area contributed by atoms with Gasteiger partial charge in [0.05, 0.1) is 23.1 Å². The molecular weight excluding hydrogens is 457 g/mol. The summed E-state index contributed by atoms with van der Waals surface area (Å²) in [6.07, 6.45) is -3.51. The molecule has 0 bridgehead atoms. The second-order valence-corrected chi connectivity index (χ2v) is 9.41. The molecule has 0 saturated carbocycles. The van der Waals surface area contributed by atoms with Crippen molar-refractivity contribution in [3.8, 4) is 6.07 Å². The molecule has 0 aliphatic carbocycles. The van der Waals surface area contributed by atoms with Crippen molar-refractivity contribution in [1.82, 2.24) is 10.2 Å². The van der Waals surface area contributed by atoms with E-state index in [-0.39, 0.29) is 18.4 Å². The third kappa shape index (κ3) is 4.70. The third-order valence-corrected chi connectivity index (χ3v) is 7.32. The summed E-state index contributed by atoms with van der Waals surface area (Å²) < 4.78 is 40.6. The fourth-order valence-corrected chi connectivity index (χ4v) is 5.38. The van der Waals surface area contributed by atoms with E-state index < -0.39 is 28.6 Å². The number of amides is 2. The number of carbonyl (C=O) groups is 2. The standard InChI is InChI=1S/C26H27F3N4O2/c1-17-4-3-5-18(12-17)24(35)32-10-8-25(9-11-32)16-33(15-22(25)23(34)31-2)20-7-6-19(14-30)21(13-20)26(27,28)29/h3-7,12-13,22H,8-11,15-16H2,1-2H3,(H,31,34). The van der Waals surface area contributed by atoms with Gasteiger partial charge in [-0.3, -0.25) is 9.59 Å². The Morgan fingerprint density at radius 2 is 1.86 bits per heavy atom. The van der Waals surface area contributed by atoms with Gasteiger partial charge in [-0.15, -0.1) is 0 Å². The molecule has 2 aromatic rings. The first-order valence-corrected chi connectivity index (χ1v) is 11.5. The quantitative estimate of drug-likeness (QED) is 0.715. The number of rotatable bonds is 3. The number of hydrogen-bond acceptors (Lipinski definition) is 4. The molecule has 1 atom stereocenters. The van der Waals surface area contributed by atoms with Gasteiger partial charge >= 0.3 is 6.18 Å². The molecule has 2 saturated heterocycles. The Balaban J connectivity index is 1.57. The van der Waals surface area contributed by atoms with Crippen molar-refractivity contribution in [1.29, 1.82) is 5.26 Å². The number of benzene rings is 2.